The number of carbonyl (C=O) groups is 3. The number of ketones is 1. The minimum atomic E-state index is -0.828. The first-order valence-corrected chi connectivity index (χ1v) is 10.6. The third-order valence-electron chi connectivity index (χ3n) is 5.57. The molecule has 1 saturated heterocycles. The maximum absolute atomic E-state index is 13.1. The molecule has 2 heterocycles. The average molecular weight is 441 g/mol. The van der Waals surface area contributed by atoms with E-state index in [9.17, 15) is 19.5 Å². The number of hydrogen-bond acceptors (Lipinski definition) is 5. The van der Waals surface area contributed by atoms with Crippen LogP contribution in [0.15, 0.2) is 78.6 Å². The van der Waals surface area contributed by atoms with Crippen LogP contribution in [0.2, 0.25) is 0 Å². The second-order valence-electron chi connectivity index (χ2n) is 7.73. The maximum Gasteiger partial charge on any atom is 0.300 e. The Balaban J connectivity index is 1.84. The van der Waals surface area contributed by atoms with E-state index in [0.29, 0.717) is 22.5 Å². The Morgan fingerprint density at radius 2 is 1.64 bits per heavy atom. The van der Waals surface area contributed by atoms with Crippen LogP contribution in [0.25, 0.3) is 5.76 Å². The summed E-state index contributed by atoms with van der Waals surface area (Å²) in [6, 6.07) is 16.5. The van der Waals surface area contributed by atoms with Crippen molar-refractivity contribution in [1.29, 1.82) is 0 Å². The molecule has 1 atom stereocenters. The first-order valence-electron chi connectivity index (χ1n) is 10.6. The molecule has 0 radical (unpaired) electrons. The number of aromatic nitrogens is 1. The zero-order valence-corrected chi connectivity index (χ0v) is 18.3. The molecule has 1 fully saturated rings. The Morgan fingerprint density at radius 3 is 2.21 bits per heavy atom. The van der Waals surface area contributed by atoms with Crippen LogP contribution in [0.4, 0.5) is 11.4 Å². The van der Waals surface area contributed by atoms with Crippen molar-refractivity contribution in [2.75, 3.05) is 10.2 Å². The van der Waals surface area contributed by atoms with Crippen LogP contribution in [0, 0.1) is 0 Å². The minimum Gasteiger partial charge on any atom is -0.507 e. The van der Waals surface area contributed by atoms with E-state index in [1.807, 2.05) is 19.1 Å². The van der Waals surface area contributed by atoms with Gasteiger partial charge in [0.15, 0.2) is 0 Å². The Kier molecular flexibility index (Phi) is 6.04. The summed E-state index contributed by atoms with van der Waals surface area (Å²) in [7, 11) is 0. The van der Waals surface area contributed by atoms with Crippen molar-refractivity contribution in [3.63, 3.8) is 0 Å². The van der Waals surface area contributed by atoms with Gasteiger partial charge in [-0.25, -0.2) is 0 Å². The smallest absolute Gasteiger partial charge is 0.300 e. The minimum absolute atomic E-state index is 0.0152. The Labute approximate surface area is 191 Å². The van der Waals surface area contributed by atoms with Gasteiger partial charge in [-0.2, -0.15) is 0 Å². The number of Topliss-reactive ketones (excluding diaryl/α,β-unsaturated/α-hetero) is 1. The second-order valence-corrected chi connectivity index (χ2v) is 7.73. The van der Waals surface area contributed by atoms with Crippen molar-refractivity contribution in [3.05, 3.63) is 95.3 Å². The number of pyridine rings is 1. The number of aliphatic hydroxyl groups excluding tert-OH is 1. The van der Waals surface area contributed by atoms with Crippen molar-refractivity contribution < 1.29 is 19.5 Å². The van der Waals surface area contributed by atoms with E-state index in [4.69, 9.17) is 0 Å². The van der Waals surface area contributed by atoms with E-state index in [1.165, 1.54) is 11.8 Å². The number of aliphatic hydroxyl groups is 1. The van der Waals surface area contributed by atoms with E-state index in [1.54, 1.807) is 60.9 Å². The molecule has 2 amide bonds. The van der Waals surface area contributed by atoms with Crippen LogP contribution in [-0.4, -0.2) is 27.7 Å². The van der Waals surface area contributed by atoms with Gasteiger partial charge in [0.1, 0.15) is 5.76 Å². The van der Waals surface area contributed by atoms with Crippen LogP contribution in [0.1, 0.15) is 36.6 Å². The number of nitrogens with zero attached hydrogens (tertiary/aromatic N) is 2. The number of aryl methyl sites for hydroxylation is 1. The lowest BCUT2D eigenvalue weighted by Crippen LogP contribution is -2.29. The van der Waals surface area contributed by atoms with Gasteiger partial charge in [-0.15, -0.1) is 0 Å². The van der Waals surface area contributed by atoms with Crippen molar-refractivity contribution in [1.82, 2.24) is 4.98 Å². The van der Waals surface area contributed by atoms with Gasteiger partial charge < -0.3 is 10.4 Å². The van der Waals surface area contributed by atoms with Crippen molar-refractivity contribution in [2.45, 2.75) is 26.3 Å². The highest BCUT2D eigenvalue weighted by atomic mass is 16.3. The summed E-state index contributed by atoms with van der Waals surface area (Å²) < 4.78 is 0. The van der Waals surface area contributed by atoms with Gasteiger partial charge in [0, 0.05) is 36.3 Å². The molecule has 7 heteroatoms. The first-order chi connectivity index (χ1) is 15.9. The lowest BCUT2D eigenvalue weighted by atomic mass is 9.95. The van der Waals surface area contributed by atoms with Gasteiger partial charge >= 0.3 is 0 Å². The third-order valence-corrected chi connectivity index (χ3v) is 5.57. The fourth-order valence-corrected chi connectivity index (χ4v) is 3.92. The predicted molar refractivity (Wildman–Crippen MR) is 126 cm³/mol. The molecule has 2 aromatic carbocycles. The van der Waals surface area contributed by atoms with E-state index < -0.39 is 17.7 Å². The molecule has 2 N–H and O–H groups in total. The Morgan fingerprint density at radius 1 is 1.00 bits per heavy atom. The van der Waals surface area contributed by atoms with Gasteiger partial charge in [0.25, 0.3) is 11.7 Å². The first kappa shape index (κ1) is 22.0. The SMILES string of the molecule is CCc1ccc(/C(O)=C2/C(=O)C(=O)N(c3ccc(NC(C)=O)cc3)C2c2ccncc2)cc1. The van der Waals surface area contributed by atoms with Crippen LogP contribution in [0.5, 0.6) is 0 Å². The lowest BCUT2D eigenvalue weighted by Gasteiger charge is -2.25. The molecule has 3 aromatic rings. The summed E-state index contributed by atoms with van der Waals surface area (Å²) in [5, 5.41) is 13.8. The summed E-state index contributed by atoms with van der Waals surface area (Å²) in [5.74, 6) is -1.94. The van der Waals surface area contributed by atoms with E-state index >= 15 is 0 Å². The average Bonchev–Trinajstić information content (AvgIpc) is 3.10. The molecule has 0 aliphatic carbocycles. The van der Waals surface area contributed by atoms with Crippen molar-refractivity contribution in [3.8, 4) is 0 Å². The Bertz CT molecular complexity index is 1230. The molecule has 1 aliphatic rings. The highest BCUT2D eigenvalue weighted by Gasteiger charge is 2.46. The summed E-state index contributed by atoms with van der Waals surface area (Å²) in [6.45, 7) is 3.43. The third kappa shape index (κ3) is 4.25. The van der Waals surface area contributed by atoms with E-state index in [2.05, 4.69) is 10.3 Å². The molecule has 0 saturated carbocycles. The fraction of sp³-hybridized carbons (Fsp3) is 0.154. The normalized spacial score (nSPS) is 17.3. The zero-order valence-electron chi connectivity index (χ0n) is 18.3. The van der Waals surface area contributed by atoms with Gasteiger partial charge in [0.2, 0.25) is 5.91 Å². The van der Waals surface area contributed by atoms with Crippen molar-refractivity contribution >= 4 is 34.7 Å². The molecule has 1 aliphatic heterocycles. The summed E-state index contributed by atoms with van der Waals surface area (Å²) in [4.78, 5) is 43.0. The molecule has 0 bridgehead atoms. The Hall–Kier alpha value is -4.26. The van der Waals surface area contributed by atoms with Crippen LogP contribution >= 0.6 is 0 Å². The predicted octanol–water partition coefficient (Wildman–Crippen LogP) is 4.23. The van der Waals surface area contributed by atoms with Gasteiger partial charge in [0.05, 0.1) is 11.6 Å². The summed E-state index contributed by atoms with van der Waals surface area (Å²) >= 11 is 0. The largest absolute Gasteiger partial charge is 0.507 e. The highest BCUT2D eigenvalue weighted by molar-refractivity contribution is 6.51. The maximum atomic E-state index is 13.1. The van der Waals surface area contributed by atoms with Crippen LogP contribution in [0.3, 0.4) is 0 Å². The molecule has 166 valence electrons. The number of hydrogen-bond donors (Lipinski definition) is 2. The highest BCUT2D eigenvalue weighted by Crippen LogP contribution is 2.42. The monoisotopic (exact) mass is 441 g/mol. The lowest BCUT2D eigenvalue weighted by molar-refractivity contribution is -0.132. The van der Waals surface area contributed by atoms with Crippen LogP contribution < -0.4 is 10.2 Å². The topological polar surface area (TPSA) is 99.6 Å². The number of amides is 2. The number of nitrogens with one attached hydrogen (secondary N) is 1. The second kappa shape index (κ2) is 9.08. The van der Waals surface area contributed by atoms with Crippen molar-refractivity contribution in [2.24, 2.45) is 0 Å². The fourth-order valence-electron chi connectivity index (χ4n) is 3.92. The van der Waals surface area contributed by atoms with E-state index in [0.717, 1.165) is 12.0 Å². The number of anilines is 2. The van der Waals surface area contributed by atoms with Gasteiger partial charge in [-0.3, -0.25) is 24.3 Å². The molecule has 1 aromatic heterocycles. The van der Waals surface area contributed by atoms with E-state index in [-0.39, 0.29) is 17.2 Å². The molecule has 0 spiro atoms. The molecule has 4 rings (SSSR count). The van der Waals surface area contributed by atoms with Crippen LogP contribution in [-0.2, 0) is 20.8 Å². The molecular formula is C26H23N3O4. The molecular weight excluding hydrogens is 418 g/mol. The standard InChI is InChI=1S/C26H23N3O4/c1-3-17-4-6-19(7-5-17)24(31)22-23(18-12-14-27-15-13-18)29(26(33)25(22)32)21-10-8-20(9-11-21)28-16(2)30/h4-15,23,31H,3H2,1-2H3,(H,28,30)/b24-22-. The number of carbonyl (C=O) groups excluding carboxylic acids is 3. The quantitative estimate of drug-likeness (QED) is 0.351. The number of benzene rings is 2. The molecule has 7 nitrogen and oxygen atoms in total. The zero-order chi connectivity index (χ0) is 23.5. The number of rotatable bonds is 5. The molecule has 33 heavy (non-hydrogen) atoms. The van der Waals surface area contributed by atoms with Gasteiger partial charge in [-0.05, 0) is 53.9 Å². The molecule has 1 unspecified atom stereocenters. The summed E-state index contributed by atoms with van der Waals surface area (Å²) in [6.07, 6.45) is 3.99. The van der Waals surface area contributed by atoms with Gasteiger partial charge in [-0.1, -0.05) is 31.2 Å². The summed E-state index contributed by atoms with van der Waals surface area (Å²) in [5.41, 5.74) is 3.25.